The van der Waals surface area contributed by atoms with Crippen molar-refractivity contribution in [3.63, 3.8) is 0 Å². The molecule has 0 bridgehead atoms. The fraction of sp³-hybridized carbons (Fsp3) is 0.250. The Kier molecular flexibility index (Phi) is 3.98. The summed E-state index contributed by atoms with van der Waals surface area (Å²) in [6, 6.07) is 15.2. The first-order valence-corrected chi connectivity index (χ1v) is 6.24. The molecule has 0 fully saturated rings. The second kappa shape index (κ2) is 5.67. The molecule has 0 unspecified atom stereocenters. The van der Waals surface area contributed by atoms with Crippen LogP contribution in [0.5, 0.6) is 0 Å². The van der Waals surface area contributed by atoms with Gasteiger partial charge in [0.15, 0.2) is 0 Å². The molecule has 2 heteroatoms. The minimum absolute atomic E-state index is 0.212. The molecule has 0 saturated carbocycles. The zero-order chi connectivity index (χ0) is 13.0. The van der Waals surface area contributed by atoms with E-state index in [1.54, 1.807) is 12.1 Å². The van der Waals surface area contributed by atoms with E-state index in [0.29, 0.717) is 18.2 Å². The van der Waals surface area contributed by atoms with Crippen LogP contribution in [0, 0.1) is 5.82 Å². The molecule has 0 amide bonds. The Hall–Kier alpha value is -1.83. The summed E-state index contributed by atoms with van der Waals surface area (Å²) in [5, 5.41) is 3.10. The lowest BCUT2D eigenvalue weighted by Crippen LogP contribution is -2.01. The van der Waals surface area contributed by atoms with Gasteiger partial charge in [0.05, 0.1) is 5.69 Å². The molecule has 2 aromatic carbocycles. The van der Waals surface area contributed by atoms with Gasteiger partial charge in [0.2, 0.25) is 0 Å². The largest absolute Gasteiger partial charge is 0.379 e. The molecule has 0 spiro atoms. The summed E-state index contributed by atoms with van der Waals surface area (Å²) in [4.78, 5) is 0. The molecule has 94 valence electrons. The average molecular weight is 243 g/mol. The van der Waals surface area contributed by atoms with Gasteiger partial charge in [0.1, 0.15) is 5.82 Å². The van der Waals surface area contributed by atoms with Crippen molar-refractivity contribution in [1.29, 1.82) is 0 Å². The van der Waals surface area contributed by atoms with Gasteiger partial charge in [-0.25, -0.2) is 4.39 Å². The summed E-state index contributed by atoms with van der Waals surface area (Å²) in [6.07, 6.45) is 0. The first-order chi connectivity index (χ1) is 8.66. The molecule has 2 aromatic rings. The standard InChI is InChI=1S/C16H18FN/c1-12(2)14-9-7-13(8-10-14)11-18-16-6-4-3-5-15(16)17/h3-10,12,18H,11H2,1-2H3. The highest BCUT2D eigenvalue weighted by molar-refractivity contribution is 5.45. The topological polar surface area (TPSA) is 12.0 Å². The molecule has 0 radical (unpaired) electrons. The maximum absolute atomic E-state index is 13.4. The maximum Gasteiger partial charge on any atom is 0.146 e. The smallest absolute Gasteiger partial charge is 0.146 e. The molecule has 0 saturated heterocycles. The molecular weight excluding hydrogens is 225 g/mol. The van der Waals surface area contributed by atoms with Crippen LogP contribution in [-0.2, 0) is 6.54 Å². The van der Waals surface area contributed by atoms with E-state index in [1.165, 1.54) is 11.6 Å². The Bertz CT molecular complexity index is 503. The third-order valence-corrected chi connectivity index (χ3v) is 3.00. The lowest BCUT2D eigenvalue weighted by atomic mass is 10.0. The van der Waals surface area contributed by atoms with E-state index in [-0.39, 0.29) is 5.82 Å². The molecule has 0 aliphatic rings. The Morgan fingerprint density at radius 3 is 2.28 bits per heavy atom. The van der Waals surface area contributed by atoms with Gasteiger partial charge in [-0.2, -0.15) is 0 Å². The van der Waals surface area contributed by atoms with Crippen molar-refractivity contribution in [3.8, 4) is 0 Å². The first-order valence-electron chi connectivity index (χ1n) is 6.24. The van der Waals surface area contributed by atoms with E-state index in [1.807, 2.05) is 6.07 Å². The van der Waals surface area contributed by atoms with Gasteiger partial charge in [-0.3, -0.25) is 0 Å². The van der Waals surface area contributed by atoms with Crippen LogP contribution < -0.4 is 5.32 Å². The van der Waals surface area contributed by atoms with Crippen LogP contribution in [0.25, 0.3) is 0 Å². The molecular formula is C16H18FN. The molecule has 0 aliphatic heterocycles. The predicted octanol–water partition coefficient (Wildman–Crippen LogP) is 4.56. The van der Waals surface area contributed by atoms with Crippen molar-refractivity contribution in [2.75, 3.05) is 5.32 Å². The first kappa shape index (κ1) is 12.6. The van der Waals surface area contributed by atoms with Crippen LogP contribution in [0.3, 0.4) is 0 Å². The van der Waals surface area contributed by atoms with E-state index in [9.17, 15) is 4.39 Å². The van der Waals surface area contributed by atoms with E-state index in [2.05, 4.69) is 43.4 Å². The number of para-hydroxylation sites is 1. The number of anilines is 1. The van der Waals surface area contributed by atoms with Gasteiger partial charge in [0, 0.05) is 6.54 Å². The monoisotopic (exact) mass is 243 g/mol. The zero-order valence-electron chi connectivity index (χ0n) is 10.8. The third kappa shape index (κ3) is 3.10. The molecule has 0 heterocycles. The van der Waals surface area contributed by atoms with Crippen LogP contribution in [0.1, 0.15) is 30.9 Å². The fourth-order valence-electron chi connectivity index (χ4n) is 1.82. The Morgan fingerprint density at radius 2 is 1.67 bits per heavy atom. The highest BCUT2D eigenvalue weighted by Gasteiger charge is 2.01. The van der Waals surface area contributed by atoms with Gasteiger partial charge in [-0.05, 0) is 29.2 Å². The Labute approximate surface area is 108 Å². The van der Waals surface area contributed by atoms with Gasteiger partial charge in [-0.1, -0.05) is 50.2 Å². The van der Waals surface area contributed by atoms with E-state index in [4.69, 9.17) is 0 Å². The SMILES string of the molecule is CC(C)c1ccc(CNc2ccccc2F)cc1. The minimum atomic E-state index is -0.212. The summed E-state index contributed by atoms with van der Waals surface area (Å²) >= 11 is 0. The van der Waals surface area contributed by atoms with Crippen LogP contribution >= 0.6 is 0 Å². The number of hydrogen-bond acceptors (Lipinski definition) is 1. The van der Waals surface area contributed by atoms with Crippen LogP contribution in [0.15, 0.2) is 48.5 Å². The Balaban J connectivity index is 2.00. The normalized spacial score (nSPS) is 10.7. The van der Waals surface area contributed by atoms with Crippen molar-refractivity contribution in [2.24, 2.45) is 0 Å². The van der Waals surface area contributed by atoms with Crippen LogP contribution in [-0.4, -0.2) is 0 Å². The van der Waals surface area contributed by atoms with Crippen molar-refractivity contribution >= 4 is 5.69 Å². The van der Waals surface area contributed by atoms with Crippen molar-refractivity contribution in [1.82, 2.24) is 0 Å². The van der Waals surface area contributed by atoms with E-state index < -0.39 is 0 Å². The molecule has 0 aliphatic carbocycles. The Morgan fingerprint density at radius 1 is 1.00 bits per heavy atom. The molecule has 18 heavy (non-hydrogen) atoms. The molecule has 1 N–H and O–H groups in total. The minimum Gasteiger partial charge on any atom is -0.379 e. The number of halogens is 1. The fourth-order valence-corrected chi connectivity index (χ4v) is 1.82. The highest BCUT2D eigenvalue weighted by atomic mass is 19.1. The lowest BCUT2D eigenvalue weighted by Gasteiger charge is -2.09. The van der Waals surface area contributed by atoms with E-state index >= 15 is 0 Å². The lowest BCUT2D eigenvalue weighted by molar-refractivity contribution is 0.630. The predicted molar refractivity (Wildman–Crippen MR) is 74.3 cm³/mol. The molecule has 0 aromatic heterocycles. The third-order valence-electron chi connectivity index (χ3n) is 3.00. The quantitative estimate of drug-likeness (QED) is 0.830. The van der Waals surface area contributed by atoms with Gasteiger partial charge >= 0.3 is 0 Å². The summed E-state index contributed by atoms with van der Waals surface area (Å²) in [7, 11) is 0. The number of rotatable bonds is 4. The van der Waals surface area contributed by atoms with Gasteiger partial charge in [0.25, 0.3) is 0 Å². The van der Waals surface area contributed by atoms with Crippen molar-refractivity contribution < 1.29 is 4.39 Å². The van der Waals surface area contributed by atoms with Gasteiger partial charge in [-0.15, -0.1) is 0 Å². The average Bonchev–Trinajstić information content (AvgIpc) is 2.38. The molecule has 0 atom stereocenters. The second-order valence-electron chi connectivity index (χ2n) is 4.73. The number of hydrogen-bond donors (Lipinski definition) is 1. The zero-order valence-corrected chi connectivity index (χ0v) is 10.8. The summed E-state index contributed by atoms with van der Waals surface area (Å²) in [6.45, 7) is 4.98. The van der Waals surface area contributed by atoms with Crippen molar-refractivity contribution in [2.45, 2.75) is 26.3 Å². The summed E-state index contributed by atoms with van der Waals surface area (Å²) < 4.78 is 13.4. The summed E-state index contributed by atoms with van der Waals surface area (Å²) in [5.74, 6) is 0.329. The number of nitrogens with one attached hydrogen (secondary N) is 1. The van der Waals surface area contributed by atoms with Gasteiger partial charge < -0.3 is 5.32 Å². The van der Waals surface area contributed by atoms with Crippen LogP contribution in [0.2, 0.25) is 0 Å². The summed E-state index contributed by atoms with van der Waals surface area (Å²) in [5.41, 5.74) is 3.03. The molecule has 2 rings (SSSR count). The highest BCUT2D eigenvalue weighted by Crippen LogP contribution is 2.17. The van der Waals surface area contributed by atoms with Crippen molar-refractivity contribution in [3.05, 3.63) is 65.5 Å². The second-order valence-corrected chi connectivity index (χ2v) is 4.73. The maximum atomic E-state index is 13.4. The number of benzene rings is 2. The molecule has 1 nitrogen and oxygen atoms in total. The van der Waals surface area contributed by atoms with E-state index in [0.717, 1.165) is 5.56 Å². The van der Waals surface area contributed by atoms with Crippen LogP contribution in [0.4, 0.5) is 10.1 Å².